The Bertz CT molecular complexity index is 566. The van der Waals surface area contributed by atoms with Crippen LogP contribution in [0.4, 0.5) is 0 Å². The summed E-state index contributed by atoms with van der Waals surface area (Å²) in [5.41, 5.74) is 0. The Labute approximate surface area is 139 Å². The van der Waals surface area contributed by atoms with Crippen molar-refractivity contribution in [1.29, 1.82) is 0 Å². The molecular formula is C13H22BrN3O2S2. The summed E-state index contributed by atoms with van der Waals surface area (Å²) in [5, 5.41) is 3.30. The number of sulfonamides is 1. The lowest BCUT2D eigenvalue weighted by atomic mass is 10.4. The van der Waals surface area contributed by atoms with E-state index in [-0.39, 0.29) is 0 Å². The quantitative estimate of drug-likeness (QED) is 0.747. The SMILES string of the molecule is CCCNCc1cc(S(=O)(=O)N2CCN(C)CC2)c(Br)s1. The molecule has 1 aromatic rings. The van der Waals surface area contributed by atoms with Crippen LogP contribution in [0.3, 0.4) is 0 Å². The van der Waals surface area contributed by atoms with Crippen molar-refractivity contribution in [2.24, 2.45) is 0 Å². The highest BCUT2D eigenvalue weighted by Crippen LogP contribution is 2.33. The second kappa shape index (κ2) is 7.52. The molecule has 0 radical (unpaired) electrons. The molecule has 1 aliphatic rings. The summed E-state index contributed by atoms with van der Waals surface area (Å²) in [4.78, 5) is 3.60. The van der Waals surface area contributed by atoms with Crippen molar-refractivity contribution in [3.05, 3.63) is 14.7 Å². The summed E-state index contributed by atoms with van der Waals surface area (Å²) in [6.07, 6.45) is 1.07. The number of rotatable bonds is 6. The van der Waals surface area contributed by atoms with Crippen LogP contribution in [0.5, 0.6) is 0 Å². The first-order chi connectivity index (χ1) is 9.95. The Morgan fingerprint density at radius 1 is 1.33 bits per heavy atom. The molecular weight excluding hydrogens is 374 g/mol. The van der Waals surface area contributed by atoms with Gasteiger partial charge in [0.15, 0.2) is 0 Å². The number of nitrogens with one attached hydrogen (secondary N) is 1. The summed E-state index contributed by atoms with van der Waals surface area (Å²) in [6, 6.07) is 1.80. The van der Waals surface area contributed by atoms with Crippen molar-refractivity contribution < 1.29 is 8.42 Å². The minimum Gasteiger partial charge on any atom is -0.312 e. The van der Waals surface area contributed by atoms with Gasteiger partial charge in [-0.2, -0.15) is 4.31 Å². The van der Waals surface area contributed by atoms with Crippen molar-refractivity contribution in [3.8, 4) is 0 Å². The van der Waals surface area contributed by atoms with Gasteiger partial charge < -0.3 is 10.2 Å². The second-order valence-electron chi connectivity index (χ2n) is 5.23. The van der Waals surface area contributed by atoms with Crippen LogP contribution < -0.4 is 5.32 Å². The van der Waals surface area contributed by atoms with Crippen LogP contribution in [0.2, 0.25) is 0 Å². The van der Waals surface area contributed by atoms with E-state index < -0.39 is 10.0 Å². The summed E-state index contributed by atoms with van der Waals surface area (Å²) in [6.45, 7) is 6.46. The molecule has 0 bridgehead atoms. The van der Waals surface area contributed by atoms with Gasteiger partial charge in [-0.15, -0.1) is 11.3 Å². The zero-order valence-corrected chi connectivity index (χ0v) is 15.7. The second-order valence-corrected chi connectivity index (χ2v) is 9.60. The molecule has 0 amide bonds. The van der Waals surface area contributed by atoms with E-state index in [1.807, 2.05) is 7.05 Å². The molecule has 2 heterocycles. The maximum Gasteiger partial charge on any atom is 0.245 e. The summed E-state index contributed by atoms with van der Waals surface area (Å²) < 4.78 is 27.7. The molecule has 0 saturated carbocycles. The summed E-state index contributed by atoms with van der Waals surface area (Å²) >= 11 is 4.91. The van der Waals surface area contributed by atoms with Gasteiger partial charge in [0.1, 0.15) is 4.90 Å². The lowest BCUT2D eigenvalue weighted by Gasteiger charge is -2.31. The van der Waals surface area contributed by atoms with E-state index in [1.165, 1.54) is 11.3 Å². The lowest BCUT2D eigenvalue weighted by Crippen LogP contribution is -2.46. The average Bonchev–Trinajstić information content (AvgIpc) is 2.81. The fraction of sp³-hybridized carbons (Fsp3) is 0.692. The molecule has 0 aliphatic carbocycles. The van der Waals surface area contributed by atoms with E-state index in [4.69, 9.17) is 0 Å². The van der Waals surface area contributed by atoms with Crippen LogP contribution in [-0.2, 0) is 16.6 Å². The van der Waals surface area contributed by atoms with Crippen LogP contribution in [0, 0.1) is 0 Å². The van der Waals surface area contributed by atoms with E-state index in [2.05, 4.69) is 33.1 Å². The van der Waals surface area contributed by atoms with Crippen LogP contribution in [0.1, 0.15) is 18.2 Å². The third-order valence-electron chi connectivity index (χ3n) is 3.51. The van der Waals surface area contributed by atoms with Gasteiger partial charge in [0, 0.05) is 37.6 Å². The number of thiophene rings is 1. The Hall–Kier alpha value is 0.01000. The van der Waals surface area contributed by atoms with Crippen LogP contribution in [0.25, 0.3) is 0 Å². The molecule has 120 valence electrons. The zero-order chi connectivity index (χ0) is 15.5. The molecule has 8 heteroatoms. The van der Waals surface area contributed by atoms with Crippen LogP contribution in [0.15, 0.2) is 14.7 Å². The smallest absolute Gasteiger partial charge is 0.245 e. The average molecular weight is 396 g/mol. The Morgan fingerprint density at radius 3 is 2.62 bits per heavy atom. The number of piperazine rings is 1. The molecule has 1 aliphatic heterocycles. The van der Waals surface area contributed by atoms with E-state index in [0.717, 1.165) is 37.5 Å². The lowest BCUT2D eigenvalue weighted by molar-refractivity contribution is 0.222. The van der Waals surface area contributed by atoms with Gasteiger partial charge in [-0.1, -0.05) is 6.92 Å². The van der Waals surface area contributed by atoms with E-state index >= 15 is 0 Å². The molecule has 2 rings (SSSR count). The number of nitrogens with zero attached hydrogens (tertiary/aromatic N) is 2. The molecule has 1 N–H and O–H groups in total. The van der Waals surface area contributed by atoms with E-state index in [0.29, 0.717) is 21.8 Å². The minimum absolute atomic E-state index is 0.408. The van der Waals surface area contributed by atoms with Crippen molar-refractivity contribution >= 4 is 37.3 Å². The molecule has 5 nitrogen and oxygen atoms in total. The van der Waals surface area contributed by atoms with Crippen molar-refractivity contribution in [1.82, 2.24) is 14.5 Å². The number of hydrogen-bond acceptors (Lipinski definition) is 5. The zero-order valence-electron chi connectivity index (χ0n) is 12.4. The first-order valence-electron chi connectivity index (χ1n) is 7.12. The highest BCUT2D eigenvalue weighted by Gasteiger charge is 2.30. The monoisotopic (exact) mass is 395 g/mol. The molecule has 21 heavy (non-hydrogen) atoms. The van der Waals surface area contributed by atoms with Crippen molar-refractivity contribution in [2.75, 3.05) is 39.8 Å². The first kappa shape index (κ1) is 17.4. The Kier molecular flexibility index (Phi) is 6.22. The predicted octanol–water partition coefficient (Wildman–Crippen LogP) is 1.95. The minimum atomic E-state index is -3.38. The van der Waals surface area contributed by atoms with Crippen LogP contribution >= 0.6 is 27.3 Å². The van der Waals surface area contributed by atoms with Gasteiger partial charge in [-0.25, -0.2) is 8.42 Å². The number of likely N-dealkylation sites (N-methyl/N-ethyl adjacent to an activating group) is 1. The maximum absolute atomic E-state index is 12.7. The number of hydrogen-bond donors (Lipinski definition) is 1. The van der Waals surface area contributed by atoms with Gasteiger partial charge in [-0.05, 0) is 42.0 Å². The van der Waals surface area contributed by atoms with Crippen molar-refractivity contribution in [2.45, 2.75) is 24.8 Å². The third-order valence-corrected chi connectivity index (χ3v) is 7.66. The molecule has 0 aromatic carbocycles. The third kappa shape index (κ3) is 4.27. The Balaban J connectivity index is 2.12. The number of halogens is 1. The topological polar surface area (TPSA) is 52.7 Å². The first-order valence-corrected chi connectivity index (χ1v) is 10.2. The normalized spacial score (nSPS) is 18.2. The predicted molar refractivity (Wildman–Crippen MR) is 90.3 cm³/mol. The molecule has 0 spiro atoms. The van der Waals surface area contributed by atoms with Crippen LogP contribution in [-0.4, -0.2) is 57.4 Å². The van der Waals surface area contributed by atoms with Gasteiger partial charge in [0.2, 0.25) is 10.0 Å². The highest BCUT2D eigenvalue weighted by atomic mass is 79.9. The highest BCUT2D eigenvalue weighted by molar-refractivity contribution is 9.11. The van der Waals surface area contributed by atoms with Crippen molar-refractivity contribution in [3.63, 3.8) is 0 Å². The molecule has 0 unspecified atom stereocenters. The fourth-order valence-corrected chi connectivity index (χ4v) is 6.24. The standard InChI is InChI=1S/C13H22BrN3O2S2/c1-3-4-15-10-11-9-12(13(14)20-11)21(18,19)17-7-5-16(2)6-8-17/h9,15H,3-8,10H2,1-2H3. The van der Waals surface area contributed by atoms with Gasteiger partial charge >= 0.3 is 0 Å². The summed E-state index contributed by atoms with van der Waals surface area (Å²) in [7, 11) is -1.37. The largest absolute Gasteiger partial charge is 0.312 e. The maximum atomic E-state index is 12.7. The summed E-state index contributed by atoms with van der Waals surface area (Å²) in [5.74, 6) is 0. The Morgan fingerprint density at radius 2 is 2.00 bits per heavy atom. The molecule has 1 saturated heterocycles. The molecule has 1 aromatic heterocycles. The molecule has 1 fully saturated rings. The fourth-order valence-electron chi connectivity index (χ4n) is 2.22. The van der Waals surface area contributed by atoms with Gasteiger partial charge in [0.25, 0.3) is 0 Å². The van der Waals surface area contributed by atoms with Gasteiger partial charge in [-0.3, -0.25) is 0 Å². The van der Waals surface area contributed by atoms with Gasteiger partial charge in [0.05, 0.1) is 3.79 Å². The van der Waals surface area contributed by atoms with E-state index in [9.17, 15) is 8.42 Å². The van der Waals surface area contributed by atoms with E-state index in [1.54, 1.807) is 10.4 Å². The molecule has 0 atom stereocenters.